The Labute approximate surface area is 99.4 Å². The van der Waals surface area contributed by atoms with Gasteiger partial charge in [0, 0.05) is 12.4 Å². The summed E-state index contributed by atoms with van der Waals surface area (Å²) in [4.78, 5) is 11.3. The van der Waals surface area contributed by atoms with Crippen molar-refractivity contribution < 1.29 is 14.6 Å². The van der Waals surface area contributed by atoms with E-state index in [1.165, 1.54) is 0 Å². The third-order valence-electron chi connectivity index (χ3n) is 3.16. The standard InChI is InChI=1S/C13H15NO3/c1-7-5-6-9(17-4)10-8(2)12(13(15)16)14(3)11(7)10/h5-6H,1-4H3,(H,15,16). The van der Waals surface area contributed by atoms with Crippen LogP contribution < -0.4 is 4.74 Å². The molecular weight excluding hydrogens is 218 g/mol. The number of benzene rings is 1. The van der Waals surface area contributed by atoms with E-state index in [0.717, 1.165) is 22.0 Å². The lowest BCUT2D eigenvalue weighted by atomic mass is 10.1. The second-order valence-electron chi connectivity index (χ2n) is 4.15. The van der Waals surface area contributed by atoms with Crippen molar-refractivity contribution in [3.05, 3.63) is 29.0 Å². The fourth-order valence-electron chi connectivity index (χ4n) is 2.43. The summed E-state index contributed by atoms with van der Waals surface area (Å²) < 4.78 is 7.02. The van der Waals surface area contributed by atoms with Crippen molar-refractivity contribution in [1.29, 1.82) is 0 Å². The topological polar surface area (TPSA) is 51.5 Å². The van der Waals surface area contributed by atoms with Gasteiger partial charge in [0.25, 0.3) is 0 Å². The number of hydrogen-bond donors (Lipinski definition) is 1. The SMILES string of the molecule is COc1ccc(C)c2c1c(C)c(C(=O)O)n2C. The van der Waals surface area contributed by atoms with Gasteiger partial charge in [0.05, 0.1) is 12.6 Å². The molecule has 1 heterocycles. The number of carboxylic acid groups (broad SMARTS) is 1. The molecule has 0 saturated heterocycles. The minimum Gasteiger partial charge on any atom is -0.496 e. The fraction of sp³-hybridized carbons (Fsp3) is 0.308. The molecule has 1 N–H and O–H groups in total. The Kier molecular flexibility index (Phi) is 2.58. The fourth-order valence-corrected chi connectivity index (χ4v) is 2.43. The highest BCUT2D eigenvalue weighted by Crippen LogP contribution is 2.34. The van der Waals surface area contributed by atoms with E-state index in [0.29, 0.717) is 11.4 Å². The predicted molar refractivity (Wildman–Crippen MR) is 65.9 cm³/mol. The number of rotatable bonds is 2. The van der Waals surface area contributed by atoms with Gasteiger partial charge in [-0.15, -0.1) is 0 Å². The molecule has 0 unspecified atom stereocenters. The molecule has 2 aromatic rings. The smallest absolute Gasteiger partial charge is 0.352 e. The van der Waals surface area contributed by atoms with Crippen LogP contribution in [0.15, 0.2) is 12.1 Å². The van der Waals surface area contributed by atoms with E-state index >= 15 is 0 Å². The Morgan fingerprint density at radius 2 is 2.00 bits per heavy atom. The first kappa shape index (κ1) is 11.5. The summed E-state index contributed by atoms with van der Waals surface area (Å²) >= 11 is 0. The maximum atomic E-state index is 11.3. The van der Waals surface area contributed by atoms with E-state index in [9.17, 15) is 9.90 Å². The van der Waals surface area contributed by atoms with E-state index in [2.05, 4.69) is 0 Å². The number of nitrogens with zero attached hydrogens (tertiary/aromatic N) is 1. The van der Waals surface area contributed by atoms with Gasteiger partial charge >= 0.3 is 5.97 Å². The van der Waals surface area contributed by atoms with Crippen LogP contribution in [-0.2, 0) is 7.05 Å². The van der Waals surface area contributed by atoms with Crippen molar-refractivity contribution in [3.63, 3.8) is 0 Å². The van der Waals surface area contributed by atoms with Gasteiger partial charge in [-0.05, 0) is 31.0 Å². The van der Waals surface area contributed by atoms with Crippen molar-refractivity contribution in [1.82, 2.24) is 4.57 Å². The minimum atomic E-state index is -0.914. The first-order chi connectivity index (χ1) is 7.99. The van der Waals surface area contributed by atoms with Crippen molar-refractivity contribution in [3.8, 4) is 5.75 Å². The second kappa shape index (κ2) is 3.80. The van der Waals surface area contributed by atoms with Gasteiger partial charge in [0.15, 0.2) is 0 Å². The summed E-state index contributed by atoms with van der Waals surface area (Å²) in [6.07, 6.45) is 0. The molecule has 0 bridgehead atoms. The van der Waals surface area contributed by atoms with Crippen molar-refractivity contribution in [2.45, 2.75) is 13.8 Å². The van der Waals surface area contributed by atoms with Crippen molar-refractivity contribution >= 4 is 16.9 Å². The zero-order valence-electron chi connectivity index (χ0n) is 10.4. The molecule has 0 amide bonds. The van der Waals surface area contributed by atoms with Crippen LogP contribution in [-0.4, -0.2) is 22.8 Å². The largest absolute Gasteiger partial charge is 0.496 e. The lowest BCUT2D eigenvalue weighted by Gasteiger charge is -2.06. The average molecular weight is 233 g/mol. The van der Waals surface area contributed by atoms with Crippen LogP contribution in [0.1, 0.15) is 21.6 Å². The Balaban J connectivity index is 3.01. The third-order valence-corrected chi connectivity index (χ3v) is 3.16. The Morgan fingerprint density at radius 1 is 1.35 bits per heavy atom. The maximum absolute atomic E-state index is 11.3. The number of aryl methyl sites for hydroxylation is 3. The average Bonchev–Trinajstić information content (AvgIpc) is 2.53. The van der Waals surface area contributed by atoms with E-state index in [-0.39, 0.29) is 0 Å². The molecule has 0 atom stereocenters. The van der Waals surface area contributed by atoms with E-state index in [4.69, 9.17) is 4.74 Å². The number of carbonyl (C=O) groups is 1. The van der Waals surface area contributed by atoms with Crippen LogP contribution in [0.2, 0.25) is 0 Å². The van der Waals surface area contributed by atoms with Gasteiger partial charge in [-0.3, -0.25) is 0 Å². The highest BCUT2D eigenvalue weighted by atomic mass is 16.5. The first-order valence-corrected chi connectivity index (χ1v) is 5.35. The van der Waals surface area contributed by atoms with Gasteiger partial charge < -0.3 is 14.4 Å². The maximum Gasteiger partial charge on any atom is 0.352 e. The number of aromatic carboxylic acids is 1. The first-order valence-electron chi connectivity index (χ1n) is 5.35. The van der Waals surface area contributed by atoms with E-state index in [1.807, 2.05) is 26.0 Å². The number of hydrogen-bond acceptors (Lipinski definition) is 2. The molecule has 1 aromatic carbocycles. The highest BCUT2D eigenvalue weighted by Gasteiger charge is 2.21. The highest BCUT2D eigenvalue weighted by molar-refractivity contribution is 6.01. The molecule has 0 aliphatic heterocycles. The Hall–Kier alpha value is -1.97. The molecule has 0 spiro atoms. The Morgan fingerprint density at radius 3 is 2.53 bits per heavy atom. The molecule has 17 heavy (non-hydrogen) atoms. The molecule has 1 aromatic heterocycles. The summed E-state index contributed by atoms with van der Waals surface area (Å²) in [5, 5.41) is 10.1. The lowest BCUT2D eigenvalue weighted by Crippen LogP contribution is -2.05. The van der Waals surface area contributed by atoms with E-state index < -0.39 is 5.97 Å². The minimum absolute atomic E-state index is 0.313. The number of methoxy groups -OCH3 is 1. The quantitative estimate of drug-likeness (QED) is 0.867. The van der Waals surface area contributed by atoms with Crippen molar-refractivity contribution in [2.24, 2.45) is 7.05 Å². The lowest BCUT2D eigenvalue weighted by molar-refractivity contribution is 0.0686. The molecule has 4 heteroatoms. The molecule has 90 valence electrons. The summed E-state index contributed by atoms with van der Waals surface area (Å²) in [5.74, 6) is -0.200. The van der Waals surface area contributed by atoms with Crippen LogP contribution in [0.5, 0.6) is 5.75 Å². The van der Waals surface area contributed by atoms with E-state index in [1.54, 1.807) is 18.7 Å². The molecule has 0 aliphatic rings. The van der Waals surface area contributed by atoms with Gasteiger partial charge in [-0.25, -0.2) is 4.79 Å². The van der Waals surface area contributed by atoms with Gasteiger partial charge in [-0.1, -0.05) is 6.07 Å². The van der Waals surface area contributed by atoms with Crippen LogP contribution in [0.25, 0.3) is 10.9 Å². The second-order valence-corrected chi connectivity index (χ2v) is 4.15. The third kappa shape index (κ3) is 1.48. The van der Waals surface area contributed by atoms with Crippen LogP contribution >= 0.6 is 0 Å². The summed E-state index contributed by atoms with van der Waals surface area (Å²) in [7, 11) is 3.36. The van der Waals surface area contributed by atoms with Crippen LogP contribution in [0, 0.1) is 13.8 Å². The van der Waals surface area contributed by atoms with Crippen molar-refractivity contribution in [2.75, 3.05) is 7.11 Å². The van der Waals surface area contributed by atoms with Gasteiger partial charge in [0.1, 0.15) is 11.4 Å². The monoisotopic (exact) mass is 233 g/mol. The molecule has 0 saturated carbocycles. The van der Waals surface area contributed by atoms with Gasteiger partial charge in [0.2, 0.25) is 0 Å². The number of carboxylic acids is 1. The molecule has 0 aliphatic carbocycles. The Bertz CT molecular complexity index is 611. The predicted octanol–water partition coefficient (Wildman–Crippen LogP) is 2.50. The normalized spacial score (nSPS) is 10.8. The molecule has 0 fully saturated rings. The molecule has 4 nitrogen and oxygen atoms in total. The van der Waals surface area contributed by atoms with Crippen LogP contribution in [0.4, 0.5) is 0 Å². The zero-order chi connectivity index (χ0) is 12.7. The van der Waals surface area contributed by atoms with Gasteiger partial charge in [-0.2, -0.15) is 0 Å². The number of ether oxygens (including phenoxy) is 1. The number of fused-ring (bicyclic) bond motifs is 1. The number of aromatic nitrogens is 1. The summed E-state index contributed by atoms with van der Waals surface area (Å²) in [6, 6.07) is 3.81. The summed E-state index contributed by atoms with van der Waals surface area (Å²) in [5.41, 5.74) is 3.02. The molecular formula is C13H15NO3. The van der Waals surface area contributed by atoms with Crippen LogP contribution in [0.3, 0.4) is 0 Å². The molecule has 2 rings (SSSR count). The summed E-state index contributed by atoms with van der Waals surface area (Å²) in [6.45, 7) is 3.78. The zero-order valence-corrected chi connectivity index (χ0v) is 10.4. The molecule has 0 radical (unpaired) electrons.